The van der Waals surface area contributed by atoms with Crippen LogP contribution in [0.5, 0.6) is 5.75 Å². The van der Waals surface area contributed by atoms with Crippen LogP contribution in [0.4, 0.5) is 0 Å². The van der Waals surface area contributed by atoms with Gasteiger partial charge in [-0.25, -0.2) is 4.57 Å². The van der Waals surface area contributed by atoms with Crippen molar-refractivity contribution in [1.82, 2.24) is 0 Å². The molecule has 2 aromatic carbocycles. The molecule has 0 fully saturated rings. The molecule has 3 rings (SSSR count). The van der Waals surface area contributed by atoms with Crippen molar-refractivity contribution in [3.63, 3.8) is 0 Å². The Morgan fingerprint density at radius 1 is 0.938 bits per heavy atom. The van der Waals surface area contributed by atoms with E-state index in [-0.39, 0.29) is 0 Å². The second kappa shape index (κ2) is 3.21. The zero-order valence-corrected chi connectivity index (χ0v) is 9.22. The lowest BCUT2D eigenvalue weighted by Crippen LogP contribution is -2.16. The van der Waals surface area contributed by atoms with Crippen LogP contribution >= 0.6 is 7.60 Å². The highest BCUT2D eigenvalue weighted by molar-refractivity contribution is 7.62. The monoisotopic (exact) mass is 232 g/mol. The van der Waals surface area contributed by atoms with E-state index in [9.17, 15) is 9.46 Å². The predicted octanol–water partition coefficient (Wildman–Crippen LogP) is 2.56. The van der Waals surface area contributed by atoms with Gasteiger partial charge in [0.15, 0.2) is 0 Å². The van der Waals surface area contributed by atoms with Gasteiger partial charge in [0, 0.05) is 11.1 Å². The predicted molar refractivity (Wildman–Crippen MR) is 62.0 cm³/mol. The lowest BCUT2D eigenvalue weighted by molar-refractivity contribution is 0.392. The van der Waals surface area contributed by atoms with E-state index in [0.29, 0.717) is 11.1 Å². The summed E-state index contributed by atoms with van der Waals surface area (Å²) in [4.78, 5) is 9.81. The highest BCUT2D eigenvalue weighted by Gasteiger charge is 2.33. The van der Waals surface area contributed by atoms with Crippen LogP contribution < -0.4 is 9.83 Å². The molecule has 1 aliphatic rings. The third-order valence-electron chi connectivity index (χ3n) is 2.61. The highest BCUT2D eigenvalue weighted by Crippen LogP contribution is 2.51. The lowest BCUT2D eigenvalue weighted by Gasteiger charge is -2.24. The number of hydrogen-bond donors (Lipinski definition) is 1. The summed E-state index contributed by atoms with van der Waals surface area (Å²) in [7, 11) is -3.71. The van der Waals surface area contributed by atoms with Gasteiger partial charge >= 0.3 is 7.60 Å². The Morgan fingerprint density at radius 2 is 1.56 bits per heavy atom. The number of para-hydroxylation sites is 1. The summed E-state index contributed by atoms with van der Waals surface area (Å²) in [6.45, 7) is 0. The van der Waals surface area contributed by atoms with E-state index < -0.39 is 7.60 Å². The van der Waals surface area contributed by atoms with Crippen LogP contribution in [-0.2, 0) is 4.57 Å². The van der Waals surface area contributed by atoms with E-state index in [1.54, 1.807) is 24.3 Å². The fraction of sp³-hybridized carbons (Fsp3) is 0. The zero-order valence-electron chi connectivity index (χ0n) is 8.33. The molecular formula is C12H9O3P. The molecule has 0 aromatic heterocycles. The van der Waals surface area contributed by atoms with Gasteiger partial charge in [0.2, 0.25) is 0 Å². The first kappa shape index (κ1) is 9.64. The van der Waals surface area contributed by atoms with Crippen LogP contribution in [0.1, 0.15) is 0 Å². The van der Waals surface area contributed by atoms with Crippen LogP contribution in [0.2, 0.25) is 0 Å². The van der Waals surface area contributed by atoms with Crippen LogP contribution in [0.15, 0.2) is 48.5 Å². The molecular weight excluding hydrogens is 223 g/mol. The molecule has 1 heterocycles. The van der Waals surface area contributed by atoms with Crippen LogP contribution in [0.25, 0.3) is 11.1 Å². The van der Waals surface area contributed by atoms with Gasteiger partial charge in [-0.05, 0) is 12.1 Å². The first-order valence-corrected chi connectivity index (χ1v) is 6.48. The molecule has 4 heteroatoms. The minimum absolute atomic E-state index is 0.369. The fourth-order valence-electron chi connectivity index (χ4n) is 1.90. The molecule has 2 aromatic rings. The molecule has 0 bridgehead atoms. The summed E-state index contributed by atoms with van der Waals surface area (Å²) in [5.41, 5.74) is 1.63. The summed E-state index contributed by atoms with van der Waals surface area (Å²) in [6.07, 6.45) is 0. The first-order chi connectivity index (χ1) is 7.68. The Bertz CT molecular complexity index is 607. The van der Waals surface area contributed by atoms with Crippen molar-refractivity contribution >= 4 is 12.9 Å². The van der Waals surface area contributed by atoms with Gasteiger partial charge in [-0.2, -0.15) is 0 Å². The summed E-state index contributed by atoms with van der Waals surface area (Å²) < 4.78 is 17.1. The van der Waals surface area contributed by atoms with Crippen molar-refractivity contribution in [3.05, 3.63) is 48.5 Å². The fourth-order valence-corrected chi connectivity index (χ4v) is 3.20. The third kappa shape index (κ3) is 1.29. The molecule has 0 radical (unpaired) electrons. The molecule has 0 spiro atoms. The SMILES string of the molecule is O=P1(O)Oc2ccccc2-c2ccccc21. The maximum absolute atomic E-state index is 12.0. The van der Waals surface area contributed by atoms with Gasteiger partial charge < -0.3 is 9.42 Å². The summed E-state index contributed by atoms with van der Waals surface area (Å²) in [5.74, 6) is 0.465. The van der Waals surface area contributed by atoms with E-state index >= 15 is 0 Å². The molecule has 0 aliphatic carbocycles. The second-order valence-corrected chi connectivity index (χ2v) is 5.33. The van der Waals surface area contributed by atoms with Gasteiger partial charge in [0.1, 0.15) is 5.75 Å². The third-order valence-corrected chi connectivity index (χ3v) is 4.05. The molecule has 80 valence electrons. The minimum Gasteiger partial charge on any atom is -0.421 e. The number of fused-ring (bicyclic) bond motifs is 3. The molecule has 1 atom stereocenters. The van der Waals surface area contributed by atoms with E-state index in [0.717, 1.165) is 11.1 Å². The molecule has 16 heavy (non-hydrogen) atoms. The normalized spacial score (nSPS) is 21.8. The molecule has 1 N–H and O–H groups in total. The average molecular weight is 232 g/mol. The Balaban J connectivity index is 2.38. The van der Waals surface area contributed by atoms with E-state index in [4.69, 9.17) is 4.52 Å². The van der Waals surface area contributed by atoms with Crippen LogP contribution in [0.3, 0.4) is 0 Å². The minimum atomic E-state index is -3.71. The Labute approximate surface area is 92.9 Å². The molecule has 1 unspecified atom stereocenters. The average Bonchev–Trinajstić information content (AvgIpc) is 2.29. The Hall–Kier alpha value is -1.57. The van der Waals surface area contributed by atoms with Crippen molar-refractivity contribution in [2.45, 2.75) is 0 Å². The Kier molecular flexibility index (Phi) is 1.93. The second-order valence-electron chi connectivity index (χ2n) is 3.63. The van der Waals surface area contributed by atoms with Crippen molar-refractivity contribution in [3.8, 4) is 16.9 Å². The van der Waals surface area contributed by atoms with Gasteiger partial charge in [0.05, 0.1) is 5.30 Å². The summed E-state index contributed by atoms with van der Waals surface area (Å²) >= 11 is 0. The van der Waals surface area contributed by atoms with E-state index in [1.807, 2.05) is 24.3 Å². The maximum Gasteiger partial charge on any atom is 0.408 e. The molecule has 1 aliphatic heterocycles. The quantitative estimate of drug-likeness (QED) is 0.710. The van der Waals surface area contributed by atoms with Crippen molar-refractivity contribution < 1.29 is 14.0 Å². The van der Waals surface area contributed by atoms with E-state index in [2.05, 4.69) is 0 Å². The lowest BCUT2D eigenvalue weighted by atomic mass is 10.0. The number of benzene rings is 2. The van der Waals surface area contributed by atoms with Crippen LogP contribution in [-0.4, -0.2) is 4.89 Å². The Morgan fingerprint density at radius 3 is 2.38 bits per heavy atom. The van der Waals surface area contributed by atoms with Crippen molar-refractivity contribution in [1.29, 1.82) is 0 Å². The van der Waals surface area contributed by atoms with Crippen molar-refractivity contribution in [2.75, 3.05) is 0 Å². The summed E-state index contributed by atoms with van der Waals surface area (Å²) in [5, 5.41) is 0.369. The largest absolute Gasteiger partial charge is 0.421 e. The van der Waals surface area contributed by atoms with Gasteiger partial charge in [-0.15, -0.1) is 0 Å². The highest BCUT2D eigenvalue weighted by atomic mass is 31.2. The van der Waals surface area contributed by atoms with Gasteiger partial charge in [-0.1, -0.05) is 36.4 Å². The van der Waals surface area contributed by atoms with Crippen molar-refractivity contribution in [2.24, 2.45) is 0 Å². The van der Waals surface area contributed by atoms with E-state index in [1.165, 1.54) is 0 Å². The smallest absolute Gasteiger partial charge is 0.408 e. The number of hydrogen-bond acceptors (Lipinski definition) is 2. The van der Waals surface area contributed by atoms with Crippen LogP contribution in [0, 0.1) is 0 Å². The van der Waals surface area contributed by atoms with Gasteiger partial charge in [0.25, 0.3) is 0 Å². The standard InChI is InChI=1S/C12H9O3P/c13-16(14)12-8-4-2-6-10(12)9-5-1-3-7-11(9)15-16/h1-8H,(H,13,14). The topological polar surface area (TPSA) is 46.5 Å². The zero-order chi connectivity index (χ0) is 11.2. The van der Waals surface area contributed by atoms with Gasteiger partial charge in [-0.3, -0.25) is 0 Å². The molecule has 0 saturated heterocycles. The first-order valence-electron chi connectivity index (χ1n) is 4.90. The maximum atomic E-state index is 12.0. The molecule has 0 saturated carbocycles. The molecule has 3 nitrogen and oxygen atoms in total. The summed E-state index contributed by atoms with van der Waals surface area (Å²) in [6, 6.07) is 14.3. The molecule has 0 amide bonds. The number of rotatable bonds is 0.